The van der Waals surface area contributed by atoms with Gasteiger partial charge >= 0.3 is 0 Å². The van der Waals surface area contributed by atoms with E-state index in [1.165, 1.54) is 0 Å². The fraction of sp³-hybridized carbons (Fsp3) is 0.130. The molecule has 0 bridgehead atoms. The van der Waals surface area contributed by atoms with Gasteiger partial charge in [0.1, 0.15) is 5.82 Å². The predicted octanol–water partition coefficient (Wildman–Crippen LogP) is 5.22. The fourth-order valence-electron chi connectivity index (χ4n) is 3.57. The highest BCUT2D eigenvalue weighted by atomic mass is 19.1. The Balaban J connectivity index is 1.78. The molecule has 3 aromatic carbocycles. The number of rotatable bonds is 2. The third-order valence-corrected chi connectivity index (χ3v) is 5.37. The summed E-state index contributed by atoms with van der Waals surface area (Å²) in [5, 5.41) is 0. The second-order valence-electron chi connectivity index (χ2n) is 6.80. The van der Waals surface area contributed by atoms with Crippen molar-refractivity contribution in [1.29, 1.82) is 0 Å². The molecule has 0 fully saturated rings. The molecule has 0 unspecified atom stereocenters. The Bertz CT molecular complexity index is 1040. The Morgan fingerprint density at radius 3 is 1.85 bits per heavy atom. The van der Waals surface area contributed by atoms with E-state index in [1.54, 1.807) is 32.9 Å². The first-order chi connectivity index (χ1) is 12.9. The molecular weight excluding hydrogens is 341 g/mol. The van der Waals surface area contributed by atoms with Crippen LogP contribution < -0.4 is 4.90 Å². The van der Waals surface area contributed by atoms with Gasteiger partial charge in [0.05, 0.1) is 16.8 Å². The Hall–Kier alpha value is -3.27. The lowest BCUT2D eigenvalue weighted by Gasteiger charge is -2.14. The van der Waals surface area contributed by atoms with E-state index in [0.717, 1.165) is 16.0 Å². The fourth-order valence-corrected chi connectivity index (χ4v) is 3.57. The molecule has 134 valence electrons. The van der Waals surface area contributed by atoms with Gasteiger partial charge in [0, 0.05) is 0 Å². The van der Waals surface area contributed by atoms with Crippen molar-refractivity contribution in [1.82, 2.24) is 0 Å². The van der Waals surface area contributed by atoms with Crippen LogP contribution in [0.1, 0.15) is 37.4 Å². The van der Waals surface area contributed by atoms with Gasteiger partial charge in [0.15, 0.2) is 0 Å². The molecule has 3 aromatic rings. The number of fused-ring (bicyclic) bond motifs is 1. The standard InChI is InChI=1S/C23H18FNO2/c1-13-14(2)19-20(21(24)15(13)3)23(27)25(22(19)26)18-11-9-17(10-12-18)16-7-5-4-6-8-16/h4-12H,1-3H3. The van der Waals surface area contributed by atoms with Crippen molar-refractivity contribution in [3.63, 3.8) is 0 Å². The van der Waals surface area contributed by atoms with Crippen molar-refractivity contribution < 1.29 is 14.0 Å². The number of halogens is 1. The van der Waals surface area contributed by atoms with Gasteiger partial charge in [-0.1, -0.05) is 42.5 Å². The van der Waals surface area contributed by atoms with Gasteiger partial charge in [-0.05, 0) is 60.7 Å². The number of nitrogens with zero attached hydrogens (tertiary/aromatic N) is 1. The summed E-state index contributed by atoms with van der Waals surface area (Å²) in [6.07, 6.45) is 0. The molecule has 0 spiro atoms. The summed E-state index contributed by atoms with van der Waals surface area (Å²) in [7, 11) is 0. The van der Waals surface area contributed by atoms with E-state index in [2.05, 4.69) is 0 Å². The van der Waals surface area contributed by atoms with Gasteiger partial charge in [-0.2, -0.15) is 0 Å². The van der Waals surface area contributed by atoms with E-state index < -0.39 is 17.6 Å². The molecule has 1 aliphatic heterocycles. The molecular formula is C23H18FNO2. The van der Waals surface area contributed by atoms with E-state index >= 15 is 0 Å². The summed E-state index contributed by atoms with van der Waals surface area (Å²) >= 11 is 0. The van der Waals surface area contributed by atoms with E-state index in [0.29, 0.717) is 22.4 Å². The number of anilines is 1. The van der Waals surface area contributed by atoms with Crippen molar-refractivity contribution in [2.45, 2.75) is 20.8 Å². The third kappa shape index (κ3) is 2.48. The molecule has 0 aromatic heterocycles. The van der Waals surface area contributed by atoms with Crippen LogP contribution in [0, 0.1) is 26.6 Å². The summed E-state index contributed by atoms with van der Waals surface area (Å²) in [6.45, 7) is 5.16. The molecule has 4 rings (SSSR count). The van der Waals surface area contributed by atoms with Crippen LogP contribution in [0.4, 0.5) is 10.1 Å². The van der Waals surface area contributed by atoms with E-state index in [4.69, 9.17) is 0 Å². The first-order valence-electron chi connectivity index (χ1n) is 8.75. The van der Waals surface area contributed by atoms with Crippen LogP contribution in [-0.4, -0.2) is 11.8 Å². The lowest BCUT2D eigenvalue weighted by Crippen LogP contribution is -2.29. The zero-order chi connectivity index (χ0) is 19.3. The number of hydrogen-bond donors (Lipinski definition) is 0. The quantitative estimate of drug-likeness (QED) is 0.589. The van der Waals surface area contributed by atoms with Crippen molar-refractivity contribution in [2.75, 3.05) is 4.90 Å². The monoisotopic (exact) mass is 359 g/mol. The van der Waals surface area contributed by atoms with Crippen LogP contribution in [0.5, 0.6) is 0 Å². The maximum absolute atomic E-state index is 14.7. The summed E-state index contributed by atoms with van der Waals surface area (Å²) in [4.78, 5) is 26.9. The van der Waals surface area contributed by atoms with Gasteiger partial charge in [-0.15, -0.1) is 0 Å². The topological polar surface area (TPSA) is 37.4 Å². The summed E-state index contributed by atoms with van der Waals surface area (Å²) in [5.41, 5.74) is 4.29. The smallest absolute Gasteiger partial charge is 0.268 e. The summed E-state index contributed by atoms with van der Waals surface area (Å²) in [6, 6.07) is 17.0. The predicted molar refractivity (Wildman–Crippen MR) is 104 cm³/mol. The second kappa shape index (κ2) is 6.16. The maximum Gasteiger partial charge on any atom is 0.269 e. The maximum atomic E-state index is 14.7. The second-order valence-corrected chi connectivity index (χ2v) is 6.80. The Labute approximate surface area is 157 Å². The van der Waals surface area contributed by atoms with Crippen LogP contribution >= 0.6 is 0 Å². The number of carbonyl (C=O) groups is 2. The molecule has 0 radical (unpaired) electrons. The van der Waals surface area contributed by atoms with Crippen LogP contribution in [0.3, 0.4) is 0 Å². The van der Waals surface area contributed by atoms with Gasteiger partial charge in [0.2, 0.25) is 0 Å². The number of hydrogen-bond acceptors (Lipinski definition) is 2. The Kier molecular flexibility index (Phi) is 3.92. The molecule has 0 saturated heterocycles. The average molecular weight is 359 g/mol. The van der Waals surface area contributed by atoms with Crippen LogP contribution in [0.25, 0.3) is 11.1 Å². The normalized spacial score (nSPS) is 13.3. The minimum absolute atomic E-state index is 0.118. The number of benzene rings is 3. The number of imide groups is 1. The first kappa shape index (κ1) is 17.2. The number of amides is 2. The zero-order valence-electron chi connectivity index (χ0n) is 15.3. The van der Waals surface area contributed by atoms with E-state index in [9.17, 15) is 14.0 Å². The van der Waals surface area contributed by atoms with Crippen LogP contribution in [0.15, 0.2) is 54.6 Å². The van der Waals surface area contributed by atoms with Gasteiger partial charge < -0.3 is 0 Å². The first-order valence-corrected chi connectivity index (χ1v) is 8.75. The zero-order valence-corrected chi connectivity index (χ0v) is 15.3. The molecule has 1 aliphatic rings. The number of carbonyl (C=O) groups excluding carboxylic acids is 2. The molecule has 4 heteroatoms. The van der Waals surface area contributed by atoms with Gasteiger partial charge in [-0.25, -0.2) is 9.29 Å². The van der Waals surface area contributed by atoms with E-state index in [1.807, 2.05) is 42.5 Å². The summed E-state index contributed by atoms with van der Waals surface area (Å²) < 4.78 is 14.7. The summed E-state index contributed by atoms with van der Waals surface area (Å²) in [5.74, 6) is -1.68. The molecule has 0 saturated carbocycles. The molecule has 0 N–H and O–H groups in total. The average Bonchev–Trinajstić information content (AvgIpc) is 2.96. The molecule has 0 atom stereocenters. The largest absolute Gasteiger partial charge is 0.269 e. The van der Waals surface area contributed by atoms with Crippen LogP contribution in [-0.2, 0) is 0 Å². The molecule has 27 heavy (non-hydrogen) atoms. The highest BCUT2D eigenvalue weighted by Gasteiger charge is 2.41. The van der Waals surface area contributed by atoms with Crippen molar-refractivity contribution >= 4 is 17.5 Å². The van der Waals surface area contributed by atoms with Crippen molar-refractivity contribution in [2.24, 2.45) is 0 Å². The Morgan fingerprint density at radius 2 is 1.22 bits per heavy atom. The molecule has 3 nitrogen and oxygen atoms in total. The Morgan fingerprint density at radius 1 is 0.667 bits per heavy atom. The highest BCUT2D eigenvalue weighted by molar-refractivity contribution is 6.35. The van der Waals surface area contributed by atoms with E-state index in [-0.39, 0.29) is 11.1 Å². The van der Waals surface area contributed by atoms with Gasteiger partial charge in [-0.3, -0.25) is 9.59 Å². The van der Waals surface area contributed by atoms with Crippen molar-refractivity contribution in [3.8, 4) is 11.1 Å². The lowest BCUT2D eigenvalue weighted by molar-refractivity contribution is 0.0925. The highest BCUT2D eigenvalue weighted by Crippen LogP contribution is 2.36. The third-order valence-electron chi connectivity index (χ3n) is 5.37. The molecule has 1 heterocycles. The lowest BCUT2D eigenvalue weighted by atomic mass is 9.94. The minimum atomic E-state index is -0.605. The SMILES string of the molecule is Cc1c(C)c(F)c2c(c1C)C(=O)N(c1ccc(-c3ccccc3)cc1)C2=O. The van der Waals surface area contributed by atoms with Gasteiger partial charge in [0.25, 0.3) is 11.8 Å². The minimum Gasteiger partial charge on any atom is -0.268 e. The molecule has 2 amide bonds. The van der Waals surface area contributed by atoms with Crippen molar-refractivity contribution in [3.05, 3.63) is 88.2 Å². The molecule has 0 aliphatic carbocycles. The van der Waals surface area contributed by atoms with Crippen LogP contribution in [0.2, 0.25) is 0 Å².